The maximum atomic E-state index is 10.3. The first kappa shape index (κ1) is 8.76. The Morgan fingerprint density at radius 3 is 2.44 bits per heavy atom. The normalized spacial score (nSPS) is 9.11. The van der Waals surface area contributed by atoms with Gasteiger partial charge in [-0.2, -0.15) is 0 Å². The number of allylic oxidation sites excluding steroid dienone is 1. The van der Waals surface area contributed by atoms with Crippen molar-refractivity contribution in [1.82, 2.24) is 0 Å². The molecule has 0 spiro atoms. The molecule has 0 aliphatic rings. The van der Waals surface area contributed by atoms with Crippen molar-refractivity contribution < 1.29 is 4.79 Å². The van der Waals surface area contributed by atoms with Crippen molar-refractivity contribution in [3.63, 3.8) is 0 Å². The predicted molar refractivity (Wildman–Crippen MR) is 42.7 cm³/mol. The monoisotopic (exact) mass is 144 g/mol. The van der Waals surface area contributed by atoms with E-state index < -0.39 is 0 Å². The Hall–Kier alpha value is -0.240. The van der Waals surface area contributed by atoms with Crippen LogP contribution in [0.15, 0.2) is 12.2 Å². The maximum absolute atomic E-state index is 10.3. The van der Waals surface area contributed by atoms with Crippen LogP contribution in [0.1, 0.15) is 26.2 Å². The number of hydrogen-bond donors (Lipinski definition) is 1. The van der Waals surface area contributed by atoms with Crippen LogP contribution in [-0.2, 0) is 4.79 Å². The van der Waals surface area contributed by atoms with E-state index in [1.165, 1.54) is 0 Å². The van der Waals surface area contributed by atoms with E-state index in [0.717, 1.165) is 18.4 Å². The van der Waals surface area contributed by atoms with Crippen molar-refractivity contribution in [3.05, 3.63) is 12.2 Å². The fourth-order valence-corrected chi connectivity index (χ4v) is 0.700. The zero-order valence-electron chi connectivity index (χ0n) is 5.68. The van der Waals surface area contributed by atoms with Crippen LogP contribution in [-0.4, -0.2) is 5.12 Å². The SMILES string of the molecule is C=C(C)CCCC(=O)S. The predicted octanol–water partition coefficient (Wildman–Crippen LogP) is 2.19. The Bertz CT molecular complexity index is 104. The molecule has 9 heavy (non-hydrogen) atoms. The number of carbonyl (C=O) groups is 1. The number of carbonyl (C=O) groups excluding carboxylic acids is 1. The average molecular weight is 144 g/mol. The van der Waals surface area contributed by atoms with E-state index >= 15 is 0 Å². The van der Waals surface area contributed by atoms with E-state index in [-0.39, 0.29) is 5.12 Å². The minimum absolute atomic E-state index is 0.0312. The molecule has 0 bridgehead atoms. The molecule has 0 saturated heterocycles. The second-order valence-electron chi connectivity index (χ2n) is 2.20. The van der Waals surface area contributed by atoms with Gasteiger partial charge >= 0.3 is 0 Å². The number of thiol groups is 1. The highest BCUT2D eigenvalue weighted by molar-refractivity contribution is 7.96. The largest absolute Gasteiger partial charge is 0.288 e. The van der Waals surface area contributed by atoms with Crippen LogP contribution in [0.3, 0.4) is 0 Å². The summed E-state index contributed by atoms with van der Waals surface area (Å²) in [6, 6.07) is 0. The molecule has 2 heteroatoms. The molecular weight excluding hydrogens is 132 g/mol. The first-order chi connectivity index (χ1) is 4.13. The van der Waals surface area contributed by atoms with Crippen LogP contribution in [0, 0.1) is 0 Å². The van der Waals surface area contributed by atoms with E-state index in [1.54, 1.807) is 0 Å². The average Bonchev–Trinajstić information content (AvgIpc) is 1.63. The van der Waals surface area contributed by atoms with Gasteiger partial charge in [0.05, 0.1) is 0 Å². The first-order valence-corrected chi connectivity index (χ1v) is 3.44. The van der Waals surface area contributed by atoms with Gasteiger partial charge in [-0.05, 0) is 19.8 Å². The third kappa shape index (κ3) is 7.76. The molecule has 1 nitrogen and oxygen atoms in total. The summed E-state index contributed by atoms with van der Waals surface area (Å²) in [6.45, 7) is 5.68. The van der Waals surface area contributed by atoms with Crippen molar-refractivity contribution in [3.8, 4) is 0 Å². The van der Waals surface area contributed by atoms with Crippen molar-refractivity contribution >= 4 is 17.7 Å². The molecule has 0 saturated carbocycles. The van der Waals surface area contributed by atoms with Crippen molar-refractivity contribution in [2.75, 3.05) is 0 Å². The van der Waals surface area contributed by atoms with Crippen LogP contribution in [0.2, 0.25) is 0 Å². The minimum Gasteiger partial charge on any atom is -0.288 e. The molecule has 0 aromatic heterocycles. The lowest BCUT2D eigenvalue weighted by atomic mass is 10.1. The van der Waals surface area contributed by atoms with Gasteiger partial charge in [-0.25, -0.2) is 0 Å². The van der Waals surface area contributed by atoms with Crippen molar-refractivity contribution in [2.45, 2.75) is 26.2 Å². The van der Waals surface area contributed by atoms with Crippen LogP contribution >= 0.6 is 12.6 Å². The molecule has 0 aliphatic heterocycles. The summed E-state index contributed by atoms with van der Waals surface area (Å²) in [7, 11) is 0. The van der Waals surface area contributed by atoms with Gasteiger partial charge in [-0.1, -0.05) is 5.57 Å². The van der Waals surface area contributed by atoms with Gasteiger partial charge in [0.1, 0.15) is 0 Å². The molecule has 0 fully saturated rings. The van der Waals surface area contributed by atoms with Gasteiger partial charge in [0.25, 0.3) is 0 Å². The van der Waals surface area contributed by atoms with E-state index in [1.807, 2.05) is 6.92 Å². The maximum Gasteiger partial charge on any atom is 0.185 e. The molecule has 0 radical (unpaired) electrons. The Morgan fingerprint density at radius 2 is 2.11 bits per heavy atom. The highest BCUT2D eigenvalue weighted by Crippen LogP contribution is 2.04. The van der Waals surface area contributed by atoms with Gasteiger partial charge in [-0.15, -0.1) is 19.2 Å². The Labute approximate surface area is 61.6 Å². The minimum atomic E-state index is -0.0312. The number of rotatable bonds is 4. The van der Waals surface area contributed by atoms with E-state index in [4.69, 9.17) is 0 Å². The molecule has 0 aromatic rings. The molecule has 0 aliphatic carbocycles. The summed E-state index contributed by atoms with van der Waals surface area (Å²) in [4.78, 5) is 10.3. The highest BCUT2D eigenvalue weighted by atomic mass is 32.1. The van der Waals surface area contributed by atoms with Gasteiger partial charge in [-0.3, -0.25) is 4.79 Å². The zero-order valence-corrected chi connectivity index (χ0v) is 6.58. The lowest BCUT2D eigenvalue weighted by Gasteiger charge is -1.94. The van der Waals surface area contributed by atoms with Crippen molar-refractivity contribution in [1.29, 1.82) is 0 Å². The van der Waals surface area contributed by atoms with E-state index in [0.29, 0.717) is 6.42 Å². The smallest absolute Gasteiger partial charge is 0.185 e. The van der Waals surface area contributed by atoms with Gasteiger partial charge in [0.2, 0.25) is 0 Å². The molecule has 0 rings (SSSR count). The lowest BCUT2D eigenvalue weighted by molar-refractivity contribution is -0.110. The van der Waals surface area contributed by atoms with Crippen LogP contribution in [0.4, 0.5) is 0 Å². The fourth-order valence-electron chi connectivity index (χ4n) is 0.541. The zero-order chi connectivity index (χ0) is 7.28. The van der Waals surface area contributed by atoms with Crippen LogP contribution < -0.4 is 0 Å². The van der Waals surface area contributed by atoms with Crippen LogP contribution in [0.5, 0.6) is 0 Å². The summed E-state index contributed by atoms with van der Waals surface area (Å²) in [5, 5.41) is -0.0312. The third-order valence-corrected chi connectivity index (χ3v) is 1.22. The van der Waals surface area contributed by atoms with E-state index in [2.05, 4.69) is 19.2 Å². The van der Waals surface area contributed by atoms with Gasteiger partial charge < -0.3 is 0 Å². The molecular formula is C7H12OS. The number of hydrogen-bond acceptors (Lipinski definition) is 1. The summed E-state index contributed by atoms with van der Waals surface area (Å²) < 4.78 is 0. The summed E-state index contributed by atoms with van der Waals surface area (Å²) in [5.41, 5.74) is 1.13. The van der Waals surface area contributed by atoms with Gasteiger partial charge in [0.15, 0.2) is 5.12 Å². The molecule has 0 atom stereocenters. The second kappa shape index (κ2) is 4.62. The fraction of sp³-hybridized carbons (Fsp3) is 0.571. The Balaban J connectivity index is 3.10. The van der Waals surface area contributed by atoms with E-state index in [9.17, 15) is 4.79 Å². The molecule has 0 heterocycles. The molecule has 0 amide bonds. The quantitative estimate of drug-likeness (QED) is 0.473. The molecule has 0 aromatic carbocycles. The van der Waals surface area contributed by atoms with Gasteiger partial charge in [0, 0.05) is 6.42 Å². The summed E-state index contributed by atoms with van der Waals surface area (Å²) in [6.07, 6.45) is 2.39. The molecule has 0 unspecified atom stereocenters. The first-order valence-electron chi connectivity index (χ1n) is 2.99. The van der Waals surface area contributed by atoms with Crippen molar-refractivity contribution in [2.24, 2.45) is 0 Å². The summed E-state index contributed by atoms with van der Waals surface area (Å²) >= 11 is 3.63. The molecule has 0 N–H and O–H groups in total. The summed E-state index contributed by atoms with van der Waals surface area (Å²) in [5.74, 6) is 0. The highest BCUT2D eigenvalue weighted by Gasteiger charge is 1.92. The Morgan fingerprint density at radius 1 is 1.56 bits per heavy atom. The topological polar surface area (TPSA) is 17.1 Å². The molecule has 52 valence electrons. The standard InChI is InChI=1S/C7H12OS/c1-6(2)4-3-5-7(8)9/h1,3-5H2,2H3,(H,8,9). The Kier molecular flexibility index (Phi) is 4.50. The third-order valence-electron chi connectivity index (χ3n) is 0.994. The second-order valence-corrected chi connectivity index (χ2v) is 2.70. The van der Waals surface area contributed by atoms with Crippen LogP contribution in [0.25, 0.3) is 0 Å². The lowest BCUT2D eigenvalue weighted by Crippen LogP contribution is -1.85.